The topological polar surface area (TPSA) is 129 Å². The highest BCUT2D eigenvalue weighted by atomic mass is 19.4. The zero-order valence-corrected chi connectivity index (χ0v) is 18.1. The Morgan fingerprint density at radius 1 is 1.11 bits per heavy atom. The van der Waals surface area contributed by atoms with Crippen LogP contribution in [0.15, 0.2) is 69.1 Å². The van der Waals surface area contributed by atoms with Crippen LogP contribution in [0.1, 0.15) is 11.5 Å². The summed E-state index contributed by atoms with van der Waals surface area (Å²) in [6.45, 7) is -0.581. The number of nitrogens with zero attached hydrogens (tertiary/aromatic N) is 5. The van der Waals surface area contributed by atoms with Crippen molar-refractivity contribution in [1.29, 1.82) is 0 Å². The van der Waals surface area contributed by atoms with Gasteiger partial charge in [-0.3, -0.25) is 4.79 Å². The fraction of sp³-hybridized carbons (Fsp3) is 0.136. The first-order valence-corrected chi connectivity index (χ1v) is 10.2. The summed E-state index contributed by atoms with van der Waals surface area (Å²) in [5.41, 5.74) is 6.09. The summed E-state index contributed by atoms with van der Waals surface area (Å²) in [7, 11) is 1.57. The number of alkyl halides is 3. The molecule has 5 aromatic rings. The number of aromatic nitrogens is 6. The maximum absolute atomic E-state index is 13.3. The van der Waals surface area contributed by atoms with Gasteiger partial charge in [-0.15, -0.1) is 9.38 Å². The molecule has 178 valence electrons. The molecule has 10 nitrogen and oxygen atoms in total. The van der Waals surface area contributed by atoms with Crippen molar-refractivity contribution in [3.63, 3.8) is 0 Å². The zero-order valence-electron chi connectivity index (χ0n) is 18.1. The molecule has 0 atom stereocenters. The van der Waals surface area contributed by atoms with Gasteiger partial charge < -0.3 is 14.7 Å². The fourth-order valence-corrected chi connectivity index (χ4v) is 3.84. The molecule has 35 heavy (non-hydrogen) atoms. The van der Waals surface area contributed by atoms with E-state index in [1.54, 1.807) is 43.6 Å². The maximum Gasteiger partial charge on any atom is 0.436 e. The van der Waals surface area contributed by atoms with Gasteiger partial charge in [0.25, 0.3) is 0 Å². The highest BCUT2D eigenvalue weighted by molar-refractivity contribution is 5.88. The van der Waals surface area contributed by atoms with Crippen molar-refractivity contribution in [2.75, 3.05) is 5.73 Å². The molecule has 0 bridgehead atoms. The third kappa shape index (κ3) is 3.76. The summed E-state index contributed by atoms with van der Waals surface area (Å²) < 4.78 is 48.0. The molecule has 1 aromatic carbocycles. The lowest BCUT2D eigenvalue weighted by atomic mass is 10.0. The summed E-state index contributed by atoms with van der Waals surface area (Å²) >= 11 is 0. The van der Waals surface area contributed by atoms with Crippen LogP contribution in [0.4, 0.5) is 19.1 Å². The monoisotopic (exact) mass is 484 g/mol. The summed E-state index contributed by atoms with van der Waals surface area (Å²) in [5, 5.41) is 2.84. The molecule has 5 rings (SSSR count). The van der Waals surface area contributed by atoms with Gasteiger partial charge in [-0.25, -0.2) is 14.9 Å². The number of benzene rings is 1. The molecule has 0 aliphatic carbocycles. The second-order valence-electron chi connectivity index (χ2n) is 7.71. The number of fused-ring (bicyclic) bond motifs is 1. The van der Waals surface area contributed by atoms with Crippen LogP contribution in [0.5, 0.6) is 0 Å². The van der Waals surface area contributed by atoms with E-state index in [-0.39, 0.29) is 17.2 Å². The number of nitrogen functional groups attached to an aromatic ring is 1. The lowest BCUT2D eigenvalue weighted by Gasteiger charge is -2.09. The number of aryl methyl sites for hydroxylation is 1. The Morgan fingerprint density at radius 2 is 1.86 bits per heavy atom. The minimum absolute atomic E-state index is 0.174. The largest absolute Gasteiger partial charge is 0.445 e. The molecule has 0 amide bonds. The fourth-order valence-electron chi connectivity index (χ4n) is 3.84. The number of nitrogens with one attached hydrogen (secondary N) is 1. The van der Waals surface area contributed by atoms with Crippen LogP contribution in [0.3, 0.4) is 0 Å². The van der Waals surface area contributed by atoms with Crippen molar-refractivity contribution in [2.45, 2.75) is 12.7 Å². The van der Waals surface area contributed by atoms with E-state index in [1.165, 1.54) is 10.6 Å². The molecular formula is C22H17F3N7O3+. The van der Waals surface area contributed by atoms with Gasteiger partial charge in [-0.2, -0.15) is 17.9 Å². The smallest absolute Gasteiger partial charge is 0.436 e. The Balaban J connectivity index is 1.79. The van der Waals surface area contributed by atoms with Crippen LogP contribution in [0.25, 0.3) is 28.0 Å². The van der Waals surface area contributed by atoms with Crippen LogP contribution in [0, 0.1) is 0 Å². The average Bonchev–Trinajstić information content (AvgIpc) is 3.42. The number of aromatic amines is 1. The van der Waals surface area contributed by atoms with E-state index in [4.69, 9.17) is 10.2 Å². The Hall–Kier alpha value is -4.68. The van der Waals surface area contributed by atoms with E-state index < -0.39 is 29.9 Å². The van der Waals surface area contributed by atoms with Crippen LogP contribution >= 0.6 is 0 Å². The number of oxazole rings is 1. The number of nitrogens with two attached hydrogens (primary N) is 1. The van der Waals surface area contributed by atoms with Gasteiger partial charge in [0.05, 0.1) is 5.56 Å². The summed E-state index contributed by atoms with van der Waals surface area (Å²) in [4.78, 5) is 32.8. The number of halogens is 3. The van der Waals surface area contributed by atoms with Crippen molar-refractivity contribution < 1.29 is 22.0 Å². The second kappa shape index (κ2) is 7.97. The lowest BCUT2D eigenvalue weighted by Crippen LogP contribution is -2.44. The van der Waals surface area contributed by atoms with E-state index in [1.807, 2.05) is 6.07 Å². The number of hydrogen-bond acceptors (Lipinski definition) is 6. The summed E-state index contributed by atoms with van der Waals surface area (Å²) in [6.07, 6.45) is -2.53. The number of H-pyrrole nitrogens is 1. The van der Waals surface area contributed by atoms with Crippen LogP contribution < -0.4 is 21.4 Å². The van der Waals surface area contributed by atoms with Crippen LogP contribution in [-0.4, -0.2) is 24.3 Å². The van der Waals surface area contributed by atoms with Gasteiger partial charge in [0.1, 0.15) is 12.2 Å². The molecule has 0 fully saturated rings. The van der Waals surface area contributed by atoms with E-state index in [2.05, 4.69) is 15.1 Å². The van der Waals surface area contributed by atoms with Gasteiger partial charge >= 0.3 is 17.8 Å². The lowest BCUT2D eigenvalue weighted by molar-refractivity contribution is -0.516. The standard InChI is InChI=1S/C22H16F3N7O3/c1-30-9-13(7-8-15(30)33)16-17(12-5-3-2-4-6-12)28-20(26)32-19(16)29-31(21(32)34)10-14-18(22(23,24)25)27-11-35-14/h2-9,11H,10H2,1H3,(H2,26,28,29)/p+1. The van der Waals surface area contributed by atoms with Gasteiger partial charge in [0.15, 0.2) is 17.8 Å². The molecule has 0 spiro atoms. The van der Waals surface area contributed by atoms with Crippen molar-refractivity contribution in [1.82, 2.24) is 24.3 Å². The van der Waals surface area contributed by atoms with Crippen molar-refractivity contribution in [3.8, 4) is 22.4 Å². The predicted molar refractivity (Wildman–Crippen MR) is 117 cm³/mol. The number of hydrogen-bond donors (Lipinski definition) is 2. The van der Waals surface area contributed by atoms with Crippen molar-refractivity contribution in [2.24, 2.45) is 7.05 Å². The molecule has 4 aromatic heterocycles. The second-order valence-corrected chi connectivity index (χ2v) is 7.71. The Morgan fingerprint density at radius 3 is 2.54 bits per heavy atom. The number of anilines is 1. The summed E-state index contributed by atoms with van der Waals surface area (Å²) in [5.74, 6) is -0.730. The van der Waals surface area contributed by atoms with E-state index in [9.17, 15) is 22.8 Å². The molecule has 0 saturated heterocycles. The molecular weight excluding hydrogens is 467 g/mol. The van der Waals surface area contributed by atoms with E-state index in [0.29, 0.717) is 28.8 Å². The minimum Gasteiger partial charge on any atom is -0.445 e. The molecule has 4 heterocycles. The Labute approximate surface area is 193 Å². The quantitative estimate of drug-likeness (QED) is 0.376. The van der Waals surface area contributed by atoms with Gasteiger partial charge in [-0.05, 0) is 6.07 Å². The minimum atomic E-state index is -4.76. The van der Waals surface area contributed by atoms with Gasteiger partial charge in [-0.1, -0.05) is 30.3 Å². The first kappa shape index (κ1) is 22.1. The summed E-state index contributed by atoms with van der Waals surface area (Å²) in [6, 6.07) is 11.9. The van der Waals surface area contributed by atoms with Gasteiger partial charge in [0, 0.05) is 30.4 Å². The predicted octanol–water partition coefficient (Wildman–Crippen LogP) is 1.98. The number of pyridine rings is 1. The molecule has 13 heteroatoms. The van der Waals surface area contributed by atoms with Gasteiger partial charge in [0.2, 0.25) is 11.2 Å². The first-order chi connectivity index (χ1) is 16.6. The third-order valence-electron chi connectivity index (χ3n) is 5.45. The SMILES string of the molecule is Cn1cc(-c2c(-c3ccccc3)nc(N)[n+]3c(=O)n(Cc4ocnc4C(F)(F)F)[nH]c23)ccc1=O. The Bertz CT molecular complexity index is 1680. The maximum atomic E-state index is 13.3. The molecule has 0 aliphatic heterocycles. The molecule has 3 N–H and O–H groups in total. The highest BCUT2D eigenvalue weighted by Gasteiger charge is 2.38. The van der Waals surface area contributed by atoms with Crippen LogP contribution in [0.2, 0.25) is 0 Å². The zero-order chi connectivity index (χ0) is 24.9. The van der Waals surface area contributed by atoms with E-state index in [0.717, 1.165) is 9.08 Å². The normalized spacial score (nSPS) is 11.9. The van der Waals surface area contributed by atoms with Crippen LogP contribution in [-0.2, 0) is 19.8 Å². The average molecular weight is 484 g/mol. The molecule has 0 aliphatic rings. The van der Waals surface area contributed by atoms with Crippen molar-refractivity contribution in [3.05, 3.63) is 87.3 Å². The Kier molecular flexibility index (Phi) is 5.04. The highest BCUT2D eigenvalue weighted by Crippen LogP contribution is 2.33. The molecule has 0 saturated carbocycles. The molecule has 0 unspecified atom stereocenters. The van der Waals surface area contributed by atoms with Crippen molar-refractivity contribution >= 4 is 11.6 Å². The van der Waals surface area contributed by atoms with E-state index >= 15 is 0 Å². The first-order valence-electron chi connectivity index (χ1n) is 10.2. The molecule has 0 radical (unpaired) electrons. The number of rotatable bonds is 4. The third-order valence-corrected chi connectivity index (χ3v) is 5.45.